The molecule has 0 amide bonds. The van der Waals surface area contributed by atoms with Gasteiger partial charge in [0.1, 0.15) is 0 Å². The first kappa shape index (κ1) is 24.4. The summed E-state index contributed by atoms with van der Waals surface area (Å²) in [5, 5.41) is 0. The maximum Gasteiger partial charge on any atom is 0.0703 e. The Labute approximate surface area is 235 Å². The van der Waals surface area contributed by atoms with E-state index in [1.54, 1.807) is 0 Å². The van der Waals surface area contributed by atoms with E-state index in [1.165, 1.54) is 0 Å². The summed E-state index contributed by atoms with van der Waals surface area (Å²) < 4.78 is 0. The van der Waals surface area contributed by atoms with E-state index < -0.39 is 5.54 Å². The normalized spacial score (nSPS) is 16.2. The molecule has 4 heteroatoms. The minimum Gasteiger partial charge on any atom is -0.321 e. The summed E-state index contributed by atoms with van der Waals surface area (Å²) in [7, 11) is 0. The van der Waals surface area contributed by atoms with Crippen molar-refractivity contribution >= 4 is 34.1 Å². The van der Waals surface area contributed by atoms with Crippen molar-refractivity contribution in [2.75, 3.05) is 9.80 Å². The monoisotopic (exact) mass is 519 g/mol. The number of nitrogens with two attached hydrogens (primary N) is 2. The Kier molecular flexibility index (Phi) is 5.81. The van der Waals surface area contributed by atoms with E-state index in [-0.39, 0.29) is 6.04 Å². The molecule has 0 saturated carbocycles. The maximum absolute atomic E-state index is 6.95. The number of para-hydroxylation sites is 5. The summed E-state index contributed by atoms with van der Waals surface area (Å²) in [6.45, 7) is 2.07. The highest BCUT2D eigenvalue weighted by Crippen LogP contribution is 2.54. The molecule has 5 aromatic rings. The zero-order valence-electron chi connectivity index (χ0n) is 22.4. The van der Waals surface area contributed by atoms with Crippen LogP contribution in [0, 0.1) is 6.42 Å². The third kappa shape index (κ3) is 4.01. The summed E-state index contributed by atoms with van der Waals surface area (Å²) >= 11 is 0. The molecule has 0 fully saturated rings. The molecule has 195 valence electrons. The van der Waals surface area contributed by atoms with Crippen LogP contribution >= 0.6 is 0 Å². The van der Waals surface area contributed by atoms with Gasteiger partial charge in [0, 0.05) is 17.8 Å². The Hall–Kier alpha value is -4.64. The highest BCUT2D eigenvalue weighted by atomic mass is 15.3. The zero-order valence-corrected chi connectivity index (χ0v) is 22.4. The van der Waals surface area contributed by atoms with Gasteiger partial charge in [0.2, 0.25) is 0 Å². The molecule has 7 rings (SSSR count). The predicted molar refractivity (Wildman–Crippen MR) is 166 cm³/mol. The van der Waals surface area contributed by atoms with Gasteiger partial charge in [0.25, 0.3) is 0 Å². The molecule has 4 nitrogen and oxygen atoms in total. The SMILES string of the molecule is C[C@](N)(C1=C(C(N)c2ccccc2)[CH]1)c1ccc(N2c3ccccc3N(c3ccccc3)c3ccccc32)cc1. The van der Waals surface area contributed by atoms with E-state index in [1.807, 2.05) is 18.2 Å². The Balaban J connectivity index is 1.25. The number of benzene rings is 5. The summed E-state index contributed by atoms with van der Waals surface area (Å²) in [6, 6.07) is 46.3. The van der Waals surface area contributed by atoms with E-state index in [4.69, 9.17) is 11.5 Å². The van der Waals surface area contributed by atoms with Gasteiger partial charge >= 0.3 is 0 Å². The van der Waals surface area contributed by atoms with E-state index in [2.05, 4.69) is 138 Å². The quantitative estimate of drug-likeness (QED) is 0.232. The van der Waals surface area contributed by atoms with Crippen LogP contribution in [0.2, 0.25) is 0 Å². The molecule has 1 radical (unpaired) electrons. The largest absolute Gasteiger partial charge is 0.321 e. The van der Waals surface area contributed by atoms with Crippen LogP contribution in [0.1, 0.15) is 24.1 Å². The van der Waals surface area contributed by atoms with Crippen molar-refractivity contribution in [1.29, 1.82) is 0 Å². The van der Waals surface area contributed by atoms with Gasteiger partial charge < -0.3 is 21.3 Å². The summed E-state index contributed by atoms with van der Waals surface area (Å²) in [6.07, 6.45) is 2.14. The fourth-order valence-corrected chi connectivity index (χ4v) is 5.86. The van der Waals surface area contributed by atoms with Crippen LogP contribution < -0.4 is 21.3 Å². The second-order valence-corrected chi connectivity index (χ2v) is 10.6. The Morgan fingerprint density at radius 2 is 0.975 bits per heavy atom. The standard InChI is InChI=1S/C36H31N4/c1-36(38,30-24-29(30)35(37)25-12-4-2-5-13-25)26-20-22-28(23-21-26)40-33-18-10-8-16-31(33)39(27-14-6-3-7-15-27)32-17-9-11-19-34(32)40/h2-24,35H,37-38H2,1H3/t35?,36-/m1/s1. The number of anilines is 6. The summed E-state index contributed by atoms with van der Waals surface area (Å²) in [5.74, 6) is 0. The first-order chi connectivity index (χ1) is 19.5. The van der Waals surface area contributed by atoms with Crippen molar-refractivity contribution < 1.29 is 0 Å². The number of fused-ring (bicyclic) bond motifs is 2. The van der Waals surface area contributed by atoms with Gasteiger partial charge in [-0.25, -0.2) is 0 Å². The molecule has 0 bridgehead atoms. The van der Waals surface area contributed by atoms with Crippen LogP contribution in [-0.2, 0) is 5.54 Å². The third-order valence-electron chi connectivity index (χ3n) is 8.05. The lowest BCUT2D eigenvalue weighted by Gasteiger charge is -2.40. The molecule has 1 unspecified atom stereocenters. The molecule has 0 spiro atoms. The minimum absolute atomic E-state index is 0.160. The van der Waals surface area contributed by atoms with Gasteiger partial charge in [0.05, 0.1) is 34.3 Å². The van der Waals surface area contributed by atoms with Crippen molar-refractivity contribution in [3.05, 3.63) is 162 Å². The molecule has 4 N–H and O–H groups in total. The van der Waals surface area contributed by atoms with Gasteiger partial charge in [-0.2, -0.15) is 0 Å². The van der Waals surface area contributed by atoms with Crippen molar-refractivity contribution in [1.82, 2.24) is 0 Å². The second kappa shape index (κ2) is 9.53. The van der Waals surface area contributed by atoms with E-state index >= 15 is 0 Å². The van der Waals surface area contributed by atoms with Gasteiger partial charge in [-0.05, 0) is 77.7 Å². The van der Waals surface area contributed by atoms with Crippen LogP contribution in [-0.4, -0.2) is 0 Å². The predicted octanol–water partition coefficient (Wildman–Crippen LogP) is 8.33. The van der Waals surface area contributed by atoms with Crippen molar-refractivity contribution in [2.45, 2.75) is 18.5 Å². The van der Waals surface area contributed by atoms with Crippen LogP contribution in [0.25, 0.3) is 0 Å². The van der Waals surface area contributed by atoms with Gasteiger partial charge in [-0.1, -0.05) is 84.9 Å². The minimum atomic E-state index is -0.623. The lowest BCUT2D eigenvalue weighted by molar-refractivity contribution is 0.611. The average molecular weight is 520 g/mol. The fourth-order valence-electron chi connectivity index (χ4n) is 5.86. The Morgan fingerprint density at radius 1 is 0.550 bits per heavy atom. The number of hydrogen-bond donors (Lipinski definition) is 2. The molecule has 1 aliphatic heterocycles. The number of hydrogen-bond acceptors (Lipinski definition) is 4. The Morgan fingerprint density at radius 3 is 1.48 bits per heavy atom. The van der Waals surface area contributed by atoms with Crippen molar-refractivity contribution in [3.8, 4) is 0 Å². The van der Waals surface area contributed by atoms with Crippen LogP contribution in [0.5, 0.6) is 0 Å². The average Bonchev–Trinajstić information content (AvgIpc) is 3.83. The zero-order chi connectivity index (χ0) is 27.3. The third-order valence-corrected chi connectivity index (χ3v) is 8.05. The highest BCUT2D eigenvalue weighted by molar-refractivity contribution is 6.01. The molecule has 2 aliphatic rings. The summed E-state index contributed by atoms with van der Waals surface area (Å²) in [4.78, 5) is 4.67. The first-order valence-electron chi connectivity index (χ1n) is 13.7. The Bertz CT molecular complexity index is 1660. The van der Waals surface area contributed by atoms with E-state index in [0.29, 0.717) is 0 Å². The molecule has 0 aromatic heterocycles. The molecular formula is C36H31N4. The highest BCUT2D eigenvalue weighted by Gasteiger charge is 2.40. The lowest BCUT2D eigenvalue weighted by atomic mass is 9.89. The molecule has 1 aliphatic carbocycles. The molecule has 0 saturated heterocycles. The smallest absolute Gasteiger partial charge is 0.0703 e. The van der Waals surface area contributed by atoms with Crippen LogP contribution in [0.4, 0.5) is 34.1 Å². The van der Waals surface area contributed by atoms with Crippen LogP contribution in [0.3, 0.4) is 0 Å². The summed E-state index contributed by atoms with van der Waals surface area (Å²) in [5.41, 5.74) is 24.0. The number of rotatable bonds is 6. The molecule has 2 atom stereocenters. The van der Waals surface area contributed by atoms with Crippen molar-refractivity contribution in [2.24, 2.45) is 11.5 Å². The lowest BCUT2D eigenvalue weighted by Crippen LogP contribution is -2.32. The maximum atomic E-state index is 6.95. The molecular weight excluding hydrogens is 488 g/mol. The molecule has 5 aromatic carbocycles. The van der Waals surface area contributed by atoms with Gasteiger partial charge in [0.15, 0.2) is 0 Å². The fraction of sp³-hybridized carbons (Fsp3) is 0.0833. The topological polar surface area (TPSA) is 58.5 Å². The van der Waals surface area contributed by atoms with Gasteiger partial charge in [-0.15, -0.1) is 0 Å². The first-order valence-corrected chi connectivity index (χ1v) is 13.7. The molecule has 40 heavy (non-hydrogen) atoms. The second-order valence-electron chi connectivity index (χ2n) is 10.6. The van der Waals surface area contributed by atoms with Gasteiger partial charge in [-0.3, -0.25) is 0 Å². The van der Waals surface area contributed by atoms with Crippen molar-refractivity contribution in [3.63, 3.8) is 0 Å². The van der Waals surface area contributed by atoms with Crippen LogP contribution in [0.15, 0.2) is 145 Å². The molecule has 1 heterocycles. The van der Waals surface area contributed by atoms with E-state index in [9.17, 15) is 0 Å². The van der Waals surface area contributed by atoms with E-state index in [0.717, 1.165) is 56.4 Å². The number of nitrogens with zero attached hydrogens (tertiary/aromatic N) is 2.